The molecule has 58 valence electrons. The van der Waals surface area contributed by atoms with Gasteiger partial charge < -0.3 is 0 Å². The highest BCUT2D eigenvalue weighted by molar-refractivity contribution is 5.46. The molecule has 0 aliphatic rings. The van der Waals surface area contributed by atoms with Gasteiger partial charge in [-0.05, 0) is 6.92 Å². The first-order valence-electron chi connectivity index (χ1n) is 3.49. The molecule has 3 heteroatoms. The predicted octanol–water partition coefficient (Wildman–Crippen LogP) is 0.563. The highest BCUT2D eigenvalue weighted by Gasteiger charge is 2.09. The van der Waals surface area contributed by atoms with E-state index in [1.54, 1.807) is 10.8 Å². The third-order valence-corrected chi connectivity index (χ3v) is 1.63. The molecule has 1 heterocycles. The summed E-state index contributed by atoms with van der Waals surface area (Å²) in [5.74, 6) is 0. The second-order valence-electron chi connectivity index (χ2n) is 2.62. The molecule has 0 unspecified atom stereocenters. The van der Waals surface area contributed by atoms with Crippen LogP contribution in [0.5, 0.6) is 0 Å². The minimum absolute atomic E-state index is 0.431. The molecule has 0 bridgehead atoms. The molecular formula is C9H8N3+. The Labute approximate surface area is 71.1 Å². The number of nitriles is 2. The van der Waals surface area contributed by atoms with Crippen molar-refractivity contribution in [3.8, 4) is 12.1 Å². The summed E-state index contributed by atoms with van der Waals surface area (Å²) in [5.41, 5.74) is 1.73. The number of pyridine rings is 1. The fourth-order valence-electron chi connectivity index (χ4n) is 1.12. The lowest BCUT2D eigenvalue weighted by molar-refractivity contribution is -0.672. The van der Waals surface area contributed by atoms with Gasteiger partial charge in [0.05, 0.1) is 5.56 Å². The van der Waals surface area contributed by atoms with E-state index in [1.807, 2.05) is 32.3 Å². The van der Waals surface area contributed by atoms with Gasteiger partial charge in [0.1, 0.15) is 24.7 Å². The van der Waals surface area contributed by atoms with Crippen molar-refractivity contribution in [2.24, 2.45) is 7.05 Å². The third-order valence-electron chi connectivity index (χ3n) is 1.63. The fraction of sp³-hybridized carbons (Fsp3) is 0.222. The molecule has 0 aliphatic carbocycles. The quantitative estimate of drug-likeness (QED) is 0.518. The maximum Gasteiger partial charge on any atom is 0.187 e. The van der Waals surface area contributed by atoms with E-state index >= 15 is 0 Å². The zero-order valence-electron chi connectivity index (χ0n) is 7.00. The number of rotatable bonds is 0. The summed E-state index contributed by atoms with van der Waals surface area (Å²) >= 11 is 0. The minimum Gasteiger partial charge on any atom is -0.206 e. The monoisotopic (exact) mass is 158 g/mol. The number of nitrogens with zero attached hydrogens (tertiary/aromatic N) is 3. The lowest BCUT2D eigenvalue weighted by Crippen LogP contribution is -2.28. The molecule has 0 saturated carbocycles. The first-order valence-corrected chi connectivity index (χ1v) is 3.49. The van der Waals surface area contributed by atoms with Gasteiger partial charge in [-0.15, -0.1) is 0 Å². The molecule has 3 nitrogen and oxygen atoms in total. The second-order valence-corrected chi connectivity index (χ2v) is 2.62. The Bertz CT molecular complexity index is 393. The Hall–Kier alpha value is -1.87. The van der Waals surface area contributed by atoms with Gasteiger partial charge in [0, 0.05) is 5.56 Å². The molecule has 12 heavy (non-hydrogen) atoms. The average Bonchev–Trinajstić information content (AvgIpc) is 2.03. The van der Waals surface area contributed by atoms with Crippen molar-refractivity contribution < 1.29 is 4.57 Å². The van der Waals surface area contributed by atoms with Crippen LogP contribution in [0.3, 0.4) is 0 Å². The van der Waals surface area contributed by atoms with Gasteiger partial charge in [-0.2, -0.15) is 10.5 Å². The van der Waals surface area contributed by atoms with E-state index in [1.165, 1.54) is 0 Å². The van der Waals surface area contributed by atoms with Crippen molar-refractivity contribution in [1.29, 1.82) is 10.5 Å². The molecule has 0 aliphatic heterocycles. The molecule has 1 aromatic rings. The largest absolute Gasteiger partial charge is 0.206 e. The molecule has 0 radical (unpaired) electrons. The molecule has 0 atom stereocenters. The van der Waals surface area contributed by atoms with Gasteiger partial charge >= 0.3 is 0 Å². The summed E-state index contributed by atoms with van der Waals surface area (Å²) in [6.45, 7) is 1.82. The van der Waals surface area contributed by atoms with Crippen LogP contribution in [-0.4, -0.2) is 0 Å². The number of hydrogen-bond donors (Lipinski definition) is 0. The topological polar surface area (TPSA) is 51.5 Å². The van der Waals surface area contributed by atoms with Crippen molar-refractivity contribution in [3.05, 3.63) is 29.1 Å². The van der Waals surface area contributed by atoms with Gasteiger partial charge in [-0.25, -0.2) is 4.57 Å². The zero-order valence-corrected chi connectivity index (χ0v) is 7.00. The van der Waals surface area contributed by atoms with Crippen LogP contribution in [0.15, 0.2) is 12.4 Å². The summed E-state index contributed by atoms with van der Waals surface area (Å²) in [4.78, 5) is 0. The molecule has 0 spiro atoms. The predicted molar refractivity (Wildman–Crippen MR) is 41.8 cm³/mol. The van der Waals surface area contributed by atoms with Crippen molar-refractivity contribution in [1.82, 2.24) is 0 Å². The number of hydrogen-bond acceptors (Lipinski definition) is 2. The molecule has 0 N–H and O–H groups in total. The number of aryl methyl sites for hydroxylation is 2. The number of aromatic nitrogens is 1. The van der Waals surface area contributed by atoms with Crippen molar-refractivity contribution in [3.63, 3.8) is 0 Å². The zero-order chi connectivity index (χ0) is 9.14. The molecule has 1 aromatic heterocycles. The van der Waals surface area contributed by atoms with Gasteiger partial charge in [0.15, 0.2) is 12.4 Å². The molecule has 0 amide bonds. The van der Waals surface area contributed by atoms with E-state index in [4.69, 9.17) is 10.5 Å². The first kappa shape index (κ1) is 8.23. The fourth-order valence-corrected chi connectivity index (χ4v) is 1.12. The van der Waals surface area contributed by atoms with Crippen LogP contribution in [0.25, 0.3) is 0 Å². The Morgan fingerprint density at radius 3 is 2.42 bits per heavy atom. The normalized spacial score (nSPS) is 8.67. The first-order chi connectivity index (χ1) is 5.69. The highest BCUT2D eigenvalue weighted by atomic mass is 14.9. The van der Waals surface area contributed by atoms with E-state index in [0.29, 0.717) is 11.1 Å². The van der Waals surface area contributed by atoms with Crippen LogP contribution in [0.4, 0.5) is 0 Å². The molecule has 0 saturated heterocycles. The molecule has 0 aromatic carbocycles. The standard InChI is InChI=1S/C9H8N3/c1-7-5-12(2)6-8(3-10)9(7)4-11/h5-6H,1-2H3/q+1. The molecule has 0 fully saturated rings. The third kappa shape index (κ3) is 1.26. The van der Waals surface area contributed by atoms with E-state index in [-0.39, 0.29) is 0 Å². The average molecular weight is 158 g/mol. The van der Waals surface area contributed by atoms with Crippen molar-refractivity contribution >= 4 is 0 Å². The lowest BCUT2D eigenvalue weighted by atomic mass is 10.1. The molecular weight excluding hydrogens is 150 g/mol. The Morgan fingerprint density at radius 2 is 1.92 bits per heavy atom. The van der Waals surface area contributed by atoms with Crippen molar-refractivity contribution in [2.75, 3.05) is 0 Å². The van der Waals surface area contributed by atoms with E-state index < -0.39 is 0 Å². The van der Waals surface area contributed by atoms with Crippen LogP contribution < -0.4 is 4.57 Å². The summed E-state index contributed by atoms with van der Waals surface area (Å²) in [6.07, 6.45) is 3.46. The smallest absolute Gasteiger partial charge is 0.187 e. The maximum absolute atomic E-state index is 8.71. The summed E-state index contributed by atoms with van der Waals surface area (Å²) in [6, 6.07) is 3.99. The minimum atomic E-state index is 0.431. The molecule has 1 rings (SSSR count). The van der Waals surface area contributed by atoms with Crippen LogP contribution >= 0.6 is 0 Å². The Balaban J connectivity index is 3.50. The van der Waals surface area contributed by atoms with Crippen molar-refractivity contribution in [2.45, 2.75) is 6.92 Å². The summed E-state index contributed by atoms with van der Waals surface area (Å²) < 4.78 is 1.77. The van der Waals surface area contributed by atoms with Gasteiger partial charge in [0.25, 0.3) is 0 Å². The van der Waals surface area contributed by atoms with E-state index in [9.17, 15) is 0 Å². The highest BCUT2D eigenvalue weighted by Crippen LogP contribution is 2.07. The van der Waals surface area contributed by atoms with Crippen LogP contribution in [0.1, 0.15) is 16.7 Å². The van der Waals surface area contributed by atoms with Gasteiger partial charge in [0.2, 0.25) is 0 Å². The second kappa shape index (κ2) is 3.02. The Kier molecular flexibility index (Phi) is 2.07. The summed E-state index contributed by atoms with van der Waals surface area (Å²) in [7, 11) is 1.83. The van der Waals surface area contributed by atoms with Crippen LogP contribution in [0, 0.1) is 29.6 Å². The van der Waals surface area contributed by atoms with Gasteiger partial charge in [-0.1, -0.05) is 0 Å². The maximum atomic E-state index is 8.71. The lowest BCUT2D eigenvalue weighted by Gasteiger charge is -1.95. The van der Waals surface area contributed by atoms with Gasteiger partial charge in [-0.3, -0.25) is 0 Å². The summed E-state index contributed by atoms with van der Waals surface area (Å²) in [5, 5.41) is 17.4. The van der Waals surface area contributed by atoms with E-state index in [2.05, 4.69) is 0 Å². The SMILES string of the molecule is Cc1c[n+](C)cc(C#N)c1C#N. The Morgan fingerprint density at radius 1 is 1.25 bits per heavy atom. The van der Waals surface area contributed by atoms with Crippen LogP contribution in [-0.2, 0) is 7.05 Å². The van der Waals surface area contributed by atoms with Crippen LogP contribution in [0.2, 0.25) is 0 Å². The van der Waals surface area contributed by atoms with E-state index in [0.717, 1.165) is 5.56 Å².